The summed E-state index contributed by atoms with van der Waals surface area (Å²) in [6.45, 7) is 1.71. The van der Waals surface area contributed by atoms with Crippen LogP contribution in [0.2, 0.25) is 0 Å². The molecule has 1 amide bonds. The lowest BCUT2D eigenvalue weighted by Gasteiger charge is -2.22. The second-order valence-corrected chi connectivity index (χ2v) is 4.56. The summed E-state index contributed by atoms with van der Waals surface area (Å²) in [6, 6.07) is 0. The number of aliphatic hydroxyl groups is 1. The number of hydrogen-bond acceptors (Lipinski definition) is 3. The van der Waals surface area contributed by atoms with Gasteiger partial charge in [0.25, 0.3) is 0 Å². The van der Waals surface area contributed by atoms with Crippen molar-refractivity contribution >= 4 is 5.91 Å². The van der Waals surface area contributed by atoms with Gasteiger partial charge in [-0.1, -0.05) is 0 Å². The number of carbonyl (C=O) groups excluding carboxylic acids is 1. The van der Waals surface area contributed by atoms with Crippen LogP contribution in [0.25, 0.3) is 0 Å². The first kappa shape index (κ1) is 10.9. The fourth-order valence-electron chi connectivity index (χ4n) is 1.94. The minimum atomic E-state index is -0.349. The first-order valence-corrected chi connectivity index (χ1v) is 5.81. The van der Waals surface area contributed by atoms with Gasteiger partial charge < -0.3 is 15.2 Å². The minimum Gasteiger partial charge on any atom is -0.391 e. The van der Waals surface area contributed by atoms with Crippen molar-refractivity contribution in [1.29, 1.82) is 0 Å². The van der Waals surface area contributed by atoms with Crippen LogP contribution in [0.3, 0.4) is 0 Å². The number of hydrogen-bond donors (Lipinski definition) is 2. The van der Waals surface area contributed by atoms with Crippen LogP contribution in [-0.4, -0.2) is 36.9 Å². The van der Waals surface area contributed by atoms with E-state index in [0.717, 1.165) is 32.3 Å². The first-order valence-electron chi connectivity index (χ1n) is 5.81. The lowest BCUT2D eigenvalue weighted by Crippen LogP contribution is -2.39. The Hall–Kier alpha value is -0.610. The summed E-state index contributed by atoms with van der Waals surface area (Å²) < 4.78 is 5.25. The third-order valence-corrected chi connectivity index (χ3v) is 3.18. The summed E-state index contributed by atoms with van der Waals surface area (Å²) in [7, 11) is 0. The summed E-state index contributed by atoms with van der Waals surface area (Å²) in [5.74, 6) is 0.451. The molecule has 4 nitrogen and oxygen atoms in total. The summed E-state index contributed by atoms with van der Waals surface area (Å²) in [6.07, 6.45) is 3.72. The van der Waals surface area contributed by atoms with Crippen LogP contribution >= 0.6 is 0 Å². The predicted molar refractivity (Wildman–Crippen MR) is 55.3 cm³/mol. The summed E-state index contributed by atoms with van der Waals surface area (Å²) in [5.41, 5.74) is 0. The molecule has 2 atom stereocenters. The molecule has 1 aliphatic carbocycles. The van der Waals surface area contributed by atoms with E-state index in [1.165, 1.54) is 0 Å². The van der Waals surface area contributed by atoms with E-state index in [1.807, 2.05) is 0 Å². The summed E-state index contributed by atoms with van der Waals surface area (Å²) in [5, 5.41) is 12.4. The van der Waals surface area contributed by atoms with Gasteiger partial charge in [0.1, 0.15) is 0 Å². The van der Waals surface area contributed by atoms with Gasteiger partial charge in [-0.25, -0.2) is 0 Å². The largest absolute Gasteiger partial charge is 0.391 e. The van der Waals surface area contributed by atoms with E-state index in [9.17, 15) is 9.90 Å². The molecule has 2 N–H and O–H groups in total. The van der Waals surface area contributed by atoms with Gasteiger partial charge in [0.2, 0.25) is 5.91 Å². The Morgan fingerprint density at radius 3 is 2.87 bits per heavy atom. The molecule has 15 heavy (non-hydrogen) atoms. The van der Waals surface area contributed by atoms with Crippen LogP contribution < -0.4 is 5.32 Å². The highest BCUT2D eigenvalue weighted by Crippen LogP contribution is 2.32. The monoisotopic (exact) mass is 213 g/mol. The van der Waals surface area contributed by atoms with Crippen LogP contribution in [0.4, 0.5) is 0 Å². The lowest BCUT2D eigenvalue weighted by molar-refractivity contribution is -0.129. The van der Waals surface area contributed by atoms with Gasteiger partial charge in [-0.3, -0.25) is 4.79 Å². The maximum atomic E-state index is 11.6. The Morgan fingerprint density at radius 2 is 2.27 bits per heavy atom. The molecule has 0 aromatic rings. The van der Waals surface area contributed by atoms with E-state index in [4.69, 9.17) is 4.74 Å². The van der Waals surface area contributed by atoms with Crippen LogP contribution in [0.1, 0.15) is 25.7 Å². The second kappa shape index (κ2) is 4.94. The van der Waals surface area contributed by atoms with Crippen molar-refractivity contribution < 1.29 is 14.6 Å². The molecule has 2 aliphatic rings. The second-order valence-electron chi connectivity index (χ2n) is 4.56. The van der Waals surface area contributed by atoms with Gasteiger partial charge in [-0.15, -0.1) is 0 Å². The van der Waals surface area contributed by atoms with Gasteiger partial charge >= 0.3 is 0 Å². The van der Waals surface area contributed by atoms with Gasteiger partial charge in [0.15, 0.2) is 0 Å². The Balaban J connectivity index is 1.66. The Labute approximate surface area is 90.0 Å². The molecule has 0 aromatic carbocycles. The highest BCUT2D eigenvalue weighted by molar-refractivity contribution is 5.78. The van der Waals surface area contributed by atoms with Crippen molar-refractivity contribution in [2.75, 3.05) is 19.8 Å². The summed E-state index contributed by atoms with van der Waals surface area (Å²) in [4.78, 5) is 11.6. The number of ether oxygens (including phenoxy) is 1. The predicted octanol–water partition coefficient (Wildman–Crippen LogP) is 0.300. The number of nitrogens with one attached hydrogen (secondary N) is 1. The van der Waals surface area contributed by atoms with Crippen LogP contribution in [-0.2, 0) is 9.53 Å². The molecule has 0 spiro atoms. The SMILES string of the molecule is O=C(NCC(O)C1CC1)C1CCCOC1. The topological polar surface area (TPSA) is 58.6 Å². The van der Waals surface area contributed by atoms with Crippen molar-refractivity contribution in [3.05, 3.63) is 0 Å². The molecule has 2 unspecified atom stereocenters. The highest BCUT2D eigenvalue weighted by atomic mass is 16.5. The zero-order chi connectivity index (χ0) is 10.7. The molecular formula is C11H19NO3. The molecule has 0 aromatic heterocycles. The maximum absolute atomic E-state index is 11.6. The van der Waals surface area contributed by atoms with Crippen molar-refractivity contribution in [3.63, 3.8) is 0 Å². The van der Waals surface area contributed by atoms with E-state index in [-0.39, 0.29) is 17.9 Å². The molecule has 0 radical (unpaired) electrons. The molecule has 2 rings (SSSR count). The fourth-order valence-corrected chi connectivity index (χ4v) is 1.94. The van der Waals surface area contributed by atoms with E-state index in [2.05, 4.69) is 5.32 Å². The molecule has 0 bridgehead atoms. The average Bonchev–Trinajstić information content (AvgIpc) is 3.10. The van der Waals surface area contributed by atoms with Crippen molar-refractivity contribution in [1.82, 2.24) is 5.32 Å². The van der Waals surface area contributed by atoms with E-state index >= 15 is 0 Å². The number of carbonyl (C=O) groups is 1. The van der Waals surface area contributed by atoms with Gasteiger partial charge in [0.05, 0.1) is 18.6 Å². The minimum absolute atomic E-state index is 0.00912. The highest BCUT2D eigenvalue weighted by Gasteiger charge is 2.30. The molecule has 1 aliphatic heterocycles. The van der Waals surface area contributed by atoms with Crippen molar-refractivity contribution in [2.45, 2.75) is 31.8 Å². The molecule has 1 heterocycles. The van der Waals surface area contributed by atoms with Crippen molar-refractivity contribution in [3.8, 4) is 0 Å². The Morgan fingerprint density at radius 1 is 1.47 bits per heavy atom. The quantitative estimate of drug-likeness (QED) is 0.706. The number of aliphatic hydroxyl groups excluding tert-OH is 1. The average molecular weight is 213 g/mol. The van der Waals surface area contributed by atoms with Crippen LogP contribution in [0.5, 0.6) is 0 Å². The van der Waals surface area contributed by atoms with Crippen LogP contribution in [0, 0.1) is 11.8 Å². The molecular weight excluding hydrogens is 194 g/mol. The molecule has 86 valence electrons. The molecule has 1 saturated carbocycles. The number of rotatable bonds is 4. The lowest BCUT2D eigenvalue weighted by atomic mass is 10.0. The fraction of sp³-hybridized carbons (Fsp3) is 0.909. The third-order valence-electron chi connectivity index (χ3n) is 3.18. The standard InChI is InChI=1S/C11H19NO3/c13-10(8-3-4-8)6-12-11(14)9-2-1-5-15-7-9/h8-10,13H,1-7H2,(H,12,14). The summed E-state index contributed by atoms with van der Waals surface area (Å²) >= 11 is 0. The smallest absolute Gasteiger partial charge is 0.225 e. The maximum Gasteiger partial charge on any atom is 0.225 e. The number of amides is 1. The zero-order valence-corrected chi connectivity index (χ0v) is 8.95. The first-order chi connectivity index (χ1) is 7.27. The zero-order valence-electron chi connectivity index (χ0n) is 8.95. The molecule has 1 saturated heterocycles. The van der Waals surface area contributed by atoms with Crippen molar-refractivity contribution in [2.24, 2.45) is 11.8 Å². The Kier molecular flexibility index (Phi) is 3.59. The third kappa shape index (κ3) is 3.18. The van der Waals surface area contributed by atoms with Crippen LogP contribution in [0.15, 0.2) is 0 Å². The Bertz CT molecular complexity index is 222. The van der Waals surface area contributed by atoms with Gasteiger partial charge in [0, 0.05) is 13.2 Å². The molecule has 2 fully saturated rings. The van der Waals surface area contributed by atoms with Gasteiger partial charge in [-0.2, -0.15) is 0 Å². The van der Waals surface area contributed by atoms with E-state index in [0.29, 0.717) is 19.1 Å². The van der Waals surface area contributed by atoms with Gasteiger partial charge in [-0.05, 0) is 31.6 Å². The molecule has 4 heteroatoms. The normalized spacial score (nSPS) is 28.5. The van der Waals surface area contributed by atoms with E-state index in [1.54, 1.807) is 0 Å². The van der Waals surface area contributed by atoms with E-state index < -0.39 is 0 Å².